The van der Waals surface area contributed by atoms with Crippen LogP contribution in [0.15, 0.2) is 48.5 Å². The molecule has 0 unspecified atom stereocenters. The zero-order valence-corrected chi connectivity index (χ0v) is 9.70. The molecule has 0 aromatic heterocycles. The zero-order chi connectivity index (χ0) is 12.1. The summed E-state index contributed by atoms with van der Waals surface area (Å²) in [5.41, 5.74) is 3.02. The van der Waals surface area contributed by atoms with Crippen LogP contribution in [0, 0.1) is 5.82 Å². The quantitative estimate of drug-likeness (QED) is 0.840. The van der Waals surface area contributed by atoms with Gasteiger partial charge in [-0.1, -0.05) is 18.2 Å². The van der Waals surface area contributed by atoms with E-state index in [1.807, 2.05) is 31.3 Å². The lowest BCUT2D eigenvalue weighted by Gasteiger charge is -2.08. The highest BCUT2D eigenvalue weighted by Gasteiger charge is 1.96. The molecule has 0 aliphatic heterocycles. The average molecular weight is 230 g/mol. The fraction of sp³-hybridized carbons (Fsp3) is 0.143. The van der Waals surface area contributed by atoms with Crippen LogP contribution in [-0.2, 0) is 6.54 Å². The summed E-state index contributed by atoms with van der Waals surface area (Å²) in [6.45, 7) is 0.680. The van der Waals surface area contributed by atoms with Crippen molar-refractivity contribution in [1.29, 1.82) is 0 Å². The standard InChI is InChI=1S/C14H15FN2/c1-16-13-6-2-4-11(8-13)10-17-14-7-3-5-12(15)9-14/h2-9,16-17H,10H2,1H3. The van der Waals surface area contributed by atoms with E-state index in [0.29, 0.717) is 6.54 Å². The normalized spacial score (nSPS) is 10.0. The third-order valence-electron chi connectivity index (χ3n) is 2.54. The van der Waals surface area contributed by atoms with E-state index in [9.17, 15) is 4.39 Å². The minimum atomic E-state index is -0.223. The molecule has 0 aliphatic rings. The van der Waals surface area contributed by atoms with E-state index in [0.717, 1.165) is 16.9 Å². The molecule has 0 atom stereocenters. The molecule has 0 radical (unpaired) electrons. The van der Waals surface area contributed by atoms with Crippen molar-refractivity contribution in [3.05, 3.63) is 59.9 Å². The molecule has 0 fully saturated rings. The van der Waals surface area contributed by atoms with Gasteiger partial charge in [-0.05, 0) is 35.9 Å². The van der Waals surface area contributed by atoms with Crippen LogP contribution in [0.5, 0.6) is 0 Å². The molecule has 0 saturated carbocycles. The SMILES string of the molecule is CNc1cccc(CNc2cccc(F)c2)c1. The summed E-state index contributed by atoms with van der Waals surface area (Å²) in [7, 11) is 1.89. The van der Waals surface area contributed by atoms with Gasteiger partial charge in [-0.15, -0.1) is 0 Å². The second kappa shape index (κ2) is 5.34. The van der Waals surface area contributed by atoms with Crippen molar-refractivity contribution in [2.45, 2.75) is 6.54 Å². The van der Waals surface area contributed by atoms with E-state index < -0.39 is 0 Å². The maximum absolute atomic E-state index is 13.0. The second-order valence-corrected chi connectivity index (χ2v) is 3.81. The first kappa shape index (κ1) is 11.5. The lowest BCUT2D eigenvalue weighted by Crippen LogP contribution is -2.00. The van der Waals surface area contributed by atoms with Crippen molar-refractivity contribution in [2.24, 2.45) is 0 Å². The Morgan fingerprint density at radius 3 is 2.53 bits per heavy atom. The first-order chi connectivity index (χ1) is 8.28. The van der Waals surface area contributed by atoms with Gasteiger partial charge in [0, 0.05) is 25.0 Å². The lowest BCUT2D eigenvalue weighted by atomic mass is 10.2. The molecule has 0 amide bonds. The molecule has 2 N–H and O–H groups in total. The Bertz CT molecular complexity index is 497. The van der Waals surface area contributed by atoms with Crippen LogP contribution in [-0.4, -0.2) is 7.05 Å². The number of nitrogens with one attached hydrogen (secondary N) is 2. The van der Waals surface area contributed by atoms with Crippen molar-refractivity contribution in [1.82, 2.24) is 0 Å². The van der Waals surface area contributed by atoms with E-state index in [1.54, 1.807) is 6.07 Å². The molecule has 2 aromatic carbocycles. The zero-order valence-electron chi connectivity index (χ0n) is 9.70. The van der Waals surface area contributed by atoms with Gasteiger partial charge in [-0.3, -0.25) is 0 Å². The predicted octanol–water partition coefficient (Wildman–Crippen LogP) is 3.48. The summed E-state index contributed by atoms with van der Waals surface area (Å²) < 4.78 is 13.0. The average Bonchev–Trinajstić information content (AvgIpc) is 2.37. The number of hydrogen-bond acceptors (Lipinski definition) is 2. The number of rotatable bonds is 4. The molecule has 2 rings (SSSR count). The van der Waals surface area contributed by atoms with Gasteiger partial charge in [-0.2, -0.15) is 0 Å². The Balaban J connectivity index is 2.02. The lowest BCUT2D eigenvalue weighted by molar-refractivity contribution is 0.628. The van der Waals surface area contributed by atoms with Gasteiger partial charge < -0.3 is 10.6 Å². The van der Waals surface area contributed by atoms with E-state index in [4.69, 9.17) is 0 Å². The van der Waals surface area contributed by atoms with Gasteiger partial charge in [0.05, 0.1) is 0 Å². The Labute approximate surface area is 100 Å². The maximum atomic E-state index is 13.0. The largest absolute Gasteiger partial charge is 0.388 e. The Hall–Kier alpha value is -2.03. The first-order valence-electron chi connectivity index (χ1n) is 5.54. The summed E-state index contributed by atoms with van der Waals surface area (Å²) in [5.74, 6) is -0.223. The third kappa shape index (κ3) is 3.21. The van der Waals surface area contributed by atoms with Crippen molar-refractivity contribution in [3.63, 3.8) is 0 Å². The van der Waals surface area contributed by atoms with E-state index >= 15 is 0 Å². The molecular weight excluding hydrogens is 215 g/mol. The van der Waals surface area contributed by atoms with Gasteiger partial charge in [0.15, 0.2) is 0 Å². The summed E-state index contributed by atoms with van der Waals surface area (Å²) in [4.78, 5) is 0. The van der Waals surface area contributed by atoms with Crippen molar-refractivity contribution in [3.8, 4) is 0 Å². The molecule has 2 aromatic rings. The molecule has 0 bridgehead atoms. The van der Waals surface area contributed by atoms with Crippen LogP contribution < -0.4 is 10.6 Å². The number of hydrogen-bond donors (Lipinski definition) is 2. The van der Waals surface area contributed by atoms with Crippen molar-refractivity contribution < 1.29 is 4.39 Å². The summed E-state index contributed by atoms with van der Waals surface area (Å²) in [5, 5.41) is 6.27. The van der Waals surface area contributed by atoms with Gasteiger partial charge in [0.2, 0.25) is 0 Å². The minimum absolute atomic E-state index is 0.223. The number of halogens is 1. The van der Waals surface area contributed by atoms with E-state index in [1.165, 1.54) is 12.1 Å². The molecule has 88 valence electrons. The highest BCUT2D eigenvalue weighted by Crippen LogP contribution is 2.13. The van der Waals surface area contributed by atoms with Crippen molar-refractivity contribution >= 4 is 11.4 Å². The molecule has 0 saturated heterocycles. The summed E-state index contributed by atoms with van der Waals surface area (Å²) in [6, 6.07) is 14.6. The van der Waals surface area contributed by atoms with Crippen LogP contribution in [0.1, 0.15) is 5.56 Å². The predicted molar refractivity (Wildman–Crippen MR) is 69.7 cm³/mol. The molecule has 17 heavy (non-hydrogen) atoms. The van der Waals surface area contributed by atoms with Crippen LogP contribution in [0.4, 0.5) is 15.8 Å². The smallest absolute Gasteiger partial charge is 0.125 e. The highest BCUT2D eigenvalue weighted by atomic mass is 19.1. The molecule has 0 heterocycles. The van der Waals surface area contributed by atoms with Gasteiger partial charge in [-0.25, -0.2) is 4.39 Å². The monoisotopic (exact) mass is 230 g/mol. The Kier molecular flexibility index (Phi) is 3.60. The number of benzene rings is 2. The molecule has 2 nitrogen and oxygen atoms in total. The molecule has 0 spiro atoms. The third-order valence-corrected chi connectivity index (χ3v) is 2.54. The fourth-order valence-electron chi connectivity index (χ4n) is 1.64. The van der Waals surface area contributed by atoms with Crippen LogP contribution in [0.25, 0.3) is 0 Å². The van der Waals surface area contributed by atoms with Crippen LogP contribution in [0.2, 0.25) is 0 Å². The van der Waals surface area contributed by atoms with E-state index in [2.05, 4.69) is 16.7 Å². The Morgan fingerprint density at radius 2 is 1.76 bits per heavy atom. The molecular formula is C14H15FN2. The molecule has 3 heteroatoms. The summed E-state index contributed by atoms with van der Waals surface area (Å²) >= 11 is 0. The van der Waals surface area contributed by atoms with Gasteiger partial charge >= 0.3 is 0 Å². The Morgan fingerprint density at radius 1 is 1.00 bits per heavy atom. The van der Waals surface area contributed by atoms with Gasteiger partial charge in [0.25, 0.3) is 0 Å². The van der Waals surface area contributed by atoms with Crippen molar-refractivity contribution in [2.75, 3.05) is 17.7 Å². The summed E-state index contributed by atoms with van der Waals surface area (Å²) in [6.07, 6.45) is 0. The second-order valence-electron chi connectivity index (χ2n) is 3.81. The molecule has 0 aliphatic carbocycles. The van der Waals surface area contributed by atoms with Gasteiger partial charge in [0.1, 0.15) is 5.82 Å². The number of anilines is 2. The fourth-order valence-corrected chi connectivity index (χ4v) is 1.64. The minimum Gasteiger partial charge on any atom is -0.388 e. The maximum Gasteiger partial charge on any atom is 0.125 e. The topological polar surface area (TPSA) is 24.1 Å². The highest BCUT2D eigenvalue weighted by molar-refractivity contribution is 5.47. The van der Waals surface area contributed by atoms with Crippen LogP contribution in [0.3, 0.4) is 0 Å². The van der Waals surface area contributed by atoms with Crippen LogP contribution >= 0.6 is 0 Å². The van der Waals surface area contributed by atoms with E-state index in [-0.39, 0.29) is 5.82 Å². The first-order valence-corrected chi connectivity index (χ1v) is 5.54.